The van der Waals surface area contributed by atoms with Gasteiger partial charge < -0.3 is 9.32 Å². The first kappa shape index (κ1) is 24.7. The Labute approximate surface area is 242 Å². The number of para-hydroxylation sites is 2. The maximum atomic E-state index is 14.6. The monoisotopic (exact) mass is 571 g/mol. The molecule has 2 aromatic heterocycles. The Bertz CT molecular complexity index is 2260. The number of nitrogens with zero attached hydrogens (tertiary/aromatic N) is 1. The van der Waals surface area contributed by atoms with Gasteiger partial charge in [-0.05, 0) is 54.1 Å². The van der Waals surface area contributed by atoms with Gasteiger partial charge in [-0.25, -0.2) is 13.2 Å². The Balaban J connectivity index is 1.34. The molecule has 6 heteroatoms. The summed E-state index contributed by atoms with van der Waals surface area (Å²) < 4.78 is 51.1. The third-order valence-corrected chi connectivity index (χ3v) is 8.92. The van der Waals surface area contributed by atoms with Crippen LogP contribution in [0.4, 0.5) is 30.2 Å². The minimum absolute atomic E-state index is 0.253. The Hall–Kier alpha value is -5.07. The molecule has 6 aromatic carbocycles. The summed E-state index contributed by atoms with van der Waals surface area (Å²) in [6.07, 6.45) is 0. The molecule has 42 heavy (non-hydrogen) atoms. The zero-order chi connectivity index (χ0) is 28.4. The minimum atomic E-state index is -0.947. The van der Waals surface area contributed by atoms with E-state index < -0.39 is 17.5 Å². The molecule has 0 aliphatic heterocycles. The van der Waals surface area contributed by atoms with Gasteiger partial charge in [0.2, 0.25) is 0 Å². The molecule has 0 N–H and O–H groups in total. The van der Waals surface area contributed by atoms with Gasteiger partial charge in [-0.1, -0.05) is 60.7 Å². The average molecular weight is 572 g/mol. The predicted octanol–water partition coefficient (Wildman–Crippen LogP) is 11.5. The summed E-state index contributed by atoms with van der Waals surface area (Å²) >= 11 is 1.72. The molecule has 0 saturated heterocycles. The Morgan fingerprint density at radius 1 is 0.548 bits per heavy atom. The summed E-state index contributed by atoms with van der Waals surface area (Å²) in [4.78, 5) is 2.14. The molecule has 0 atom stereocenters. The van der Waals surface area contributed by atoms with E-state index in [1.165, 1.54) is 0 Å². The molecule has 8 aromatic rings. The quantitative estimate of drug-likeness (QED) is 0.209. The Morgan fingerprint density at radius 2 is 1.21 bits per heavy atom. The number of thiophene rings is 1. The van der Waals surface area contributed by atoms with E-state index in [0.717, 1.165) is 59.2 Å². The first-order valence-electron chi connectivity index (χ1n) is 13.4. The molecule has 8 rings (SSSR count). The summed E-state index contributed by atoms with van der Waals surface area (Å²) in [6, 6.07) is 36.9. The van der Waals surface area contributed by atoms with Crippen LogP contribution in [0.15, 0.2) is 126 Å². The van der Waals surface area contributed by atoms with Crippen LogP contribution in [0, 0.1) is 17.5 Å². The van der Waals surface area contributed by atoms with Crippen LogP contribution < -0.4 is 4.90 Å². The van der Waals surface area contributed by atoms with Crippen LogP contribution in [0.5, 0.6) is 0 Å². The summed E-state index contributed by atoms with van der Waals surface area (Å²) in [5.41, 5.74) is 4.52. The van der Waals surface area contributed by atoms with Gasteiger partial charge in [-0.15, -0.1) is 11.3 Å². The molecule has 0 radical (unpaired) electrons. The number of hydrogen-bond donors (Lipinski definition) is 0. The van der Waals surface area contributed by atoms with Gasteiger partial charge >= 0.3 is 0 Å². The number of furan rings is 1. The molecule has 0 fully saturated rings. The van der Waals surface area contributed by atoms with Crippen molar-refractivity contribution in [2.75, 3.05) is 4.90 Å². The largest absolute Gasteiger partial charge is 0.456 e. The molecule has 0 saturated carbocycles. The van der Waals surface area contributed by atoms with Crippen molar-refractivity contribution in [2.24, 2.45) is 0 Å². The number of anilines is 3. The van der Waals surface area contributed by atoms with Gasteiger partial charge in [0, 0.05) is 49.8 Å². The van der Waals surface area contributed by atoms with Crippen molar-refractivity contribution in [2.45, 2.75) is 0 Å². The van der Waals surface area contributed by atoms with E-state index in [9.17, 15) is 13.2 Å². The van der Waals surface area contributed by atoms with Crippen molar-refractivity contribution in [3.05, 3.63) is 139 Å². The lowest BCUT2D eigenvalue weighted by atomic mass is 10.0. The first-order valence-corrected chi connectivity index (χ1v) is 14.2. The van der Waals surface area contributed by atoms with Crippen LogP contribution in [0.2, 0.25) is 0 Å². The molecule has 2 nitrogen and oxygen atoms in total. The van der Waals surface area contributed by atoms with Gasteiger partial charge in [0.05, 0.1) is 16.0 Å². The summed E-state index contributed by atoms with van der Waals surface area (Å²) in [5.74, 6) is -2.82. The highest BCUT2D eigenvalue weighted by Crippen LogP contribution is 2.48. The van der Waals surface area contributed by atoms with Gasteiger partial charge in [0.1, 0.15) is 28.6 Å². The van der Waals surface area contributed by atoms with Crippen molar-refractivity contribution in [1.29, 1.82) is 0 Å². The van der Waals surface area contributed by atoms with Gasteiger partial charge in [0.15, 0.2) is 0 Å². The number of fused-ring (bicyclic) bond motifs is 7. The Morgan fingerprint density at radius 3 is 2.00 bits per heavy atom. The fraction of sp³-hybridized carbons (Fsp3) is 0. The van der Waals surface area contributed by atoms with E-state index in [-0.39, 0.29) is 5.56 Å². The summed E-state index contributed by atoms with van der Waals surface area (Å²) in [7, 11) is 0. The van der Waals surface area contributed by atoms with Crippen molar-refractivity contribution >= 4 is 70.5 Å². The molecule has 0 unspecified atom stereocenters. The van der Waals surface area contributed by atoms with Crippen LogP contribution in [0.25, 0.3) is 53.2 Å². The van der Waals surface area contributed by atoms with E-state index >= 15 is 0 Å². The standard InChI is InChI=1S/C36H20F3NOS/c37-22-19-28(38)33(29(39)20-22)21-13-15-24(16-14-21)40(23-7-2-1-3-8-23)30-11-6-10-25-26-17-18-32-34(36(26)42-35(25)30)27-9-4-5-12-31(27)41-32/h1-20H. The third-order valence-electron chi connectivity index (χ3n) is 7.66. The zero-order valence-electron chi connectivity index (χ0n) is 21.9. The van der Waals surface area contributed by atoms with Crippen LogP contribution in [-0.4, -0.2) is 0 Å². The van der Waals surface area contributed by atoms with Crippen molar-refractivity contribution in [1.82, 2.24) is 0 Å². The summed E-state index contributed by atoms with van der Waals surface area (Å²) in [6.45, 7) is 0. The molecule has 202 valence electrons. The third kappa shape index (κ3) is 3.80. The van der Waals surface area contributed by atoms with Gasteiger partial charge in [-0.2, -0.15) is 0 Å². The highest BCUT2D eigenvalue weighted by molar-refractivity contribution is 7.27. The van der Waals surface area contributed by atoms with Crippen LogP contribution in [-0.2, 0) is 0 Å². The minimum Gasteiger partial charge on any atom is -0.456 e. The molecular weight excluding hydrogens is 551 g/mol. The number of benzene rings is 6. The summed E-state index contributed by atoms with van der Waals surface area (Å²) in [5, 5.41) is 4.48. The molecule has 0 spiro atoms. The normalized spacial score (nSPS) is 11.7. The fourth-order valence-electron chi connectivity index (χ4n) is 5.83. The number of rotatable bonds is 4. The first-order chi connectivity index (χ1) is 20.6. The SMILES string of the molecule is Fc1cc(F)c(-c2ccc(N(c3ccccc3)c3cccc4c3sc3c4ccc4oc5ccccc5c43)cc2)c(F)c1. The van der Waals surface area contributed by atoms with Crippen molar-refractivity contribution in [3.63, 3.8) is 0 Å². The highest BCUT2D eigenvalue weighted by Gasteiger charge is 2.21. The Kier molecular flexibility index (Phi) is 5.59. The molecule has 0 bridgehead atoms. The van der Waals surface area contributed by atoms with E-state index in [1.807, 2.05) is 66.7 Å². The number of halogens is 3. The molecule has 0 amide bonds. The van der Waals surface area contributed by atoms with Crippen LogP contribution in [0.1, 0.15) is 0 Å². The lowest BCUT2D eigenvalue weighted by Crippen LogP contribution is -2.09. The maximum absolute atomic E-state index is 14.6. The lowest BCUT2D eigenvalue weighted by Gasteiger charge is -2.26. The zero-order valence-corrected chi connectivity index (χ0v) is 22.8. The van der Waals surface area contributed by atoms with Gasteiger partial charge in [0.25, 0.3) is 0 Å². The van der Waals surface area contributed by atoms with Gasteiger partial charge in [-0.3, -0.25) is 0 Å². The maximum Gasteiger partial charge on any atom is 0.136 e. The molecule has 0 aliphatic rings. The smallest absolute Gasteiger partial charge is 0.136 e. The second-order valence-electron chi connectivity index (χ2n) is 10.1. The average Bonchev–Trinajstić information content (AvgIpc) is 3.57. The lowest BCUT2D eigenvalue weighted by molar-refractivity contribution is 0.548. The van der Waals surface area contributed by atoms with Crippen molar-refractivity contribution in [3.8, 4) is 11.1 Å². The van der Waals surface area contributed by atoms with Crippen LogP contribution in [0.3, 0.4) is 0 Å². The molecule has 0 aliphatic carbocycles. The second kappa shape index (κ2) is 9.50. The predicted molar refractivity (Wildman–Crippen MR) is 167 cm³/mol. The molecule has 2 heterocycles. The topological polar surface area (TPSA) is 16.4 Å². The molecular formula is C36H20F3NOS. The van der Waals surface area contributed by atoms with E-state index in [4.69, 9.17) is 4.42 Å². The van der Waals surface area contributed by atoms with Crippen molar-refractivity contribution < 1.29 is 17.6 Å². The van der Waals surface area contributed by atoms with Crippen LogP contribution >= 0.6 is 11.3 Å². The van der Waals surface area contributed by atoms with E-state index in [2.05, 4.69) is 35.2 Å². The second-order valence-corrected chi connectivity index (χ2v) is 11.2. The fourth-order valence-corrected chi connectivity index (χ4v) is 7.18. The highest BCUT2D eigenvalue weighted by atomic mass is 32.1. The number of hydrogen-bond acceptors (Lipinski definition) is 3. The van der Waals surface area contributed by atoms with E-state index in [1.54, 1.807) is 23.5 Å². The van der Waals surface area contributed by atoms with E-state index in [0.29, 0.717) is 17.7 Å².